The van der Waals surface area contributed by atoms with Crippen molar-refractivity contribution >= 4 is 47.3 Å². The molecule has 0 fully saturated rings. The van der Waals surface area contributed by atoms with Crippen molar-refractivity contribution in [2.75, 3.05) is 20.3 Å². The highest BCUT2D eigenvalue weighted by Gasteiger charge is 2.32. The molecule has 0 bridgehead atoms. The monoisotopic (exact) mass is 654 g/mol. The van der Waals surface area contributed by atoms with Crippen LogP contribution in [0.1, 0.15) is 42.1 Å². The molecule has 4 rings (SSSR count). The van der Waals surface area contributed by atoms with Crippen LogP contribution in [0.4, 0.5) is 4.79 Å². The lowest BCUT2D eigenvalue weighted by Gasteiger charge is -2.28. The summed E-state index contributed by atoms with van der Waals surface area (Å²) in [7, 11) is 1.43. The van der Waals surface area contributed by atoms with Crippen molar-refractivity contribution in [3.05, 3.63) is 98.2 Å². The van der Waals surface area contributed by atoms with Gasteiger partial charge in [-0.2, -0.15) is 5.10 Å². The third-order valence-corrected chi connectivity index (χ3v) is 7.09. The van der Waals surface area contributed by atoms with Crippen molar-refractivity contribution < 1.29 is 33.3 Å². The smallest absolute Gasteiger partial charge is 0.338 e. The molecule has 236 valence electrons. The minimum Gasteiger partial charge on any atom is -0.493 e. The molecule has 3 aromatic rings. The first-order chi connectivity index (χ1) is 21.6. The van der Waals surface area contributed by atoms with E-state index in [0.717, 1.165) is 11.1 Å². The summed E-state index contributed by atoms with van der Waals surface area (Å²) in [5.74, 6) is -0.206. The van der Waals surface area contributed by atoms with Gasteiger partial charge in [0, 0.05) is 5.70 Å². The normalized spacial score (nSPS) is 14.4. The second kappa shape index (κ2) is 15.3. The van der Waals surface area contributed by atoms with Gasteiger partial charge in [0.25, 0.3) is 5.91 Å². The maximum atomic E-state index is 12.6. The first kappa shape index (κ1) is 33.2. The first-order valence-electron chi connectivity index (χ1n) is 13.8. The number of nitrogens with one attached hydrogen (secondary N) is 3. The van der Waals surface area contributed by atoms with Gasteiger partial charge in [0.15, 0.2) is 23.9 Å². The molecule has 13 heteroatoms. The molecule has 0 radical (unpaired) electrons. The van der Waals surface area contributed by atoms with Crippen LogP contribution < -0.4 is 30.3 Å². The number of benzene rings is 3. The number of rotatable bonds is 12. The molecule has 1 aliphatic rings. The van der Waals surface area contributed by atoms with E-state index >= 15 is 0 Å². The fourth-order valence-electron chi connectivity index (χ4n) is 4.51. The zero-order valence-corrected chi connectivity index (χ0v) is 26.5. The van der Waals surface area contributed by atoms with E-state index in [0.29, 0.717) is 39.2 Å². The fraction of sp³-hybridized carbons (Fsp3) is 0.250. The van der Waals surface area contributed by atoms with Gasteiger partial charge in [0.05, 0.1) is 41.6 Å². The van der Waals surface area contributed by atoms with E-state index in [1.807, 2.05) is 31.2 Å². The Morgan fingerprint density at radius 1 is 1.02 bits per heavy atom. The van der Waals surface area contributed by atoms with Gasteiger partial charge >= 0.3 is 12.0 Å². The Balaban J connectivity index is 1.36. The molecule has 11 nitrogen and oxygen atoms in total. The number of hydrogen-bond acceptors (Lipinski definition) is 8. The molecule has 0 saturated heterocycles. The predicted molar refractivity (Wildman–Crippen MR) is 170 cm³/mol. The molecular weight excluding hydrogens is 623 g/mol. The van der Waals surface area contributed by atoms with Gasteiger partial charge in [-0.25, -0.2) is 15.0 Å². The maximum absolute atomic E-state index is 12.6. The number of halogens is 2. The minimum atomic E-state index is -0.783. The van der Waals surface area contributed by atoms with Crippen molar-refractivity contribution in [1.29, 1.82) is 0 Å². The molecular formula is C32H32Cl2N4O7. The number of urea groups is 1. The summed E-state index contributed by atoms with van der Waals surface area (Å²) in [6.45, 7) is 5.42. The number of aryl methyl sites for hydroxylation is 1. The summed E-state index contributed by atoms with van der Waals surface area (Å²) in [6.07, 6.45) is 1.39. The van der Waals surface area contributed by atoms with Crippen molar-refractivity contribution in [3.8, 4) is 17.2 Å². The van der Waals surface area contributed by atoms with Gasteiger partial charge in [0.1, 0.15) is 6.61 Å². The molecule has 3 aromatic carbocycles. The number of esters is 1. The second-order valence-corrected chi connectivity index (χ2v) is 10.7. The topological polar surface area (TPSA) is 137 Å². The SMILES string of the molecule is CCOC(=O)C1=C(C)NC(=O)N[C@@H]1c1ccc(OCC(=O)N/N=C\c2cc(Cl)c(OCc3cccc(C)c3)c(Cl)c2)c(OC)c1. The number of hydrazone groups is 1. The summed E-state index contributed by atoms with van der Waals surface area (Å²) in [4.78, 5) is 37.2. The zero-order valence-electron chi connectivity index (χ0n) is 25.0. The van der Waals surface area contributed by atoms with Crippen LogP contribution in [0, 0.1) is 6.92 Å². The Hall–Kier alpha value is -4.74. The third-order valence-electron chi connectivity index (χ3n) is 6.53. The van der Waals surface area contributed by atoms with Gasteiger partial charge in [-0.3, -0.25) is 4.79 Å². The molecule has 45 heavy (non-hydrogen) atoms. The van der Waals surface area contributed by atoms with Crippen LogP contribution in [-0.2, 0) is 20.9 Å². The molecule has 0 unspecified atom stereocenters. The Bertz CT molecular complexity index is 1640. The average molecular weight is 656 g/mol. The Labute approximate surface area is 270 Å². The van der Waals surface area contributed by atoms with Crippen LogP contribution >= 0.6 is 23.2 Å². The second-order valence-electron chi connectivity index (χ2n) is 9.87. The Kier molecular flexibility index (Phi) is 11.3. The molecule has 0 aromatic heterocycles. The van der Waals surface area contributed by atoms with Crippen LogP contribution in [0.5, 0.6) is 17.2 Å². The van der Waals surface area contributed by atoms with Crippen LogP contribution in [0.3, 0.4) is 0 Å². The van der Waals surface area contributed by atoms with Crippen LogP contribution in [0.15, 0.2) is 71.0 Å². The number of ether oxygens (including phenoxy) is 4. The van der Waals surface area contributed by atoms with Crippen LogP contribution in [0.2, 0.25) is 10.0 Å². The van der Waals surface area contributed by atoms with Gasteiger partial charge in [0.2, 0.25) is 0 Å². The van der Waals surface area contributed by atoms with Crippen molar-refractivity contribution in [3.63, 3.8) is 0 Å². The number of carbonyl (C=O) groups excluding carboxylic acids is 3. The number of allylic oxidation sites excluding steroid dienone is 1. The molecule has 3 N–H and O–H groups in total. The van der Waals surface area contributed by atoms with E-state index in [2.05, 4.69) is 21.2 Å². The van der Waals surface area contributed by atoms with E-state index in [-0.39, 0.29) is 30.3 Å². The van der Waals surface area contributed by atoms with Crippen molar-refractivity contribution in [1.82, 2.24) is 16.1 Å². The fourth-order valence-corrected chi connectivity index (χ4v) is 5.12. The van der Waals surface area contributed by atoms with Crippen LogP contribution in [-0.4, -0.2) is 44.4 Å². The lowest BCUT2D eigenvalue weighted by molar-refractivity contribution is -0.139. The molecule has 0 saturated carbocycles. The molecule has 3 amide bonds. The zero-order chi connectivity index (χ0) is 32.5. The maximum Gasteiger partial charge on any atom is 0.338 e. The van der Waals surface area contributed by atoms with Gasteiger partial charge in [-0.1, -0.05) is 59.1 Å². The summed E-state index contributed by atoms with van der Waals surface area (Å²) >= 11 is 12.8. The number of carbonyl (C=O) groups is 3. The van der Waals surface area contributed by atoms with E-state index in [4.69, 9.17) is 42.1 Å². The minimum absolute atomic E-state index is 0.177. The first-order valence-corrected chi connectivity index (χ1v) is 14.6. The predicted octanol–water partition coefficient (Wildman–Crippen LogP) is 5.61. The van der Waals surface area contributed by atoms with Gasteiger partial charge in [-0.05, 0) is 61.7 Å². The lowest BCUT2D eigenvalue weighted by atomic mass is 9.95. The standard InChI is InChI=1S/C32H32Cl2N4O7/c1-5-43-31(40)28-19(3)36-32(41)37-29(28)22-9-10-25(26(14-22)42-4)44-17-27(39)38-35-15-21-12-23(33)30(24(34)13-21)45-16-20-8-6-7-18(2)11-20/h6-15,29H,5,16-17H2,1-4H3,(H,38,39)(H2,36,37,41)/b35-15-/t29-/m1/s1. The molecule has 1 heterocycles. The number of methoxy groups -OCH3 is 1. The number of hydrogen-bond donors (Lipinski definition) is 3. The van der Waals surface area contributed by atoms with Crippen molar-refractivity contribution in [2.45, 2.75) is 33.4 Å². The number of amides is 3. The number of nitrogens with zero attached hydrogens (tertiary/aromatic N) is 1. The Morgan fingerprint density at radius 3 is 2.47 bits per heavy atom. The quantitative estimate of drug-likeness (QED) is 0.131. The van der Waals surface area contributed by atoms with Crippen molar-refractivity contribution in [2.24, 2.45) is 5.10 Å². The third kappa shape index (κ3) is 8.68. The Morgan fingerprint density at radius 2 is 1.78 bits per heavy atom. The largest absolute Gasteiger partial charge is 0.493 e. The molecule has 0 aliphatic carbocycles. The van der Waals surface area contributed by atoms with E-state index in [1.165, 1.54) is 13.3 Å². The summed E-state index contributed by atoms with van der Waals surface area (Å²) < 4.78 is 22.1. The summed E-state index contributed by atoms with van der Waals surface area (Å²) in [5.41, 5.74) is 6.22. The van der Waals surface area contributed by atoms with E-state index in [9.17, 15) is 14.4 Å². The van der Waals surface area contributed by atoms with Crippen LogP contribution in [0.25, 0.3) is 0 Å². The molecule has 1 aliphatic heterocycles. The summed E-state index contributed by atoms with van der Waals surface area (Å²) in [5, 5.41) is 9.86. The summed E-state index contributed by atoms with van der Waals surface area (Å²) in [6, 6.07) is 14.7. The molecule has 0 spiro atoms. The van der Waals surface area contributed by atoms with E-state index < -0.39 is 23.9 Å². The highest BCUT2D eigenvalue weighted by Crippen LogP contribution is 2.36. The average Bonchev–Trinajstić information content (AvgIpc) is 2.99. The van der Waals surface area contributed by atoms with Gasteiger partial charge < -0.3 is 29.6 Å². The van der Waals surface area contributed by atoms with Gasteiger partial charge in [-0.15, -0.1) is 0 Å². The molecule has 1 atom stereocenters. The highest BCUT2D eigenvalue weighted by molar-refractivity contribution is 6.37. The van der Waals surface area contributed by atoms with E-state index in [1.54, 1.807) is 44.2 Å². The highest BCUT2D eigenvalue weighted by atomic mass is 35.5. The lowest BCUT2D eigenvalue weighted by Crippen LogP contribution is -2.45.